The molecule has 1 aromatic heterocycles. The van der Waals surface area contributed by atoms with Gasteiger partial charge in [-0.2, -0.15) is 0 Å². The number of aryl methyl sites for hydroxylation is 1. The van der Waals surface area contributed by atoms with Gasteiger partial charge in [0, 0.05) is 6.42 Å². The highest BCUT2D eigenvalue weighted by molar-refractivity contribution is 5.86. The molecule has 2 aromatic rings. The Labute approximate surface area is 149 Å². The first-order chi connectivity index (χ1) is 12.4. The van der Waals surface area contributed by atoms with E-state index in [9.17, 15) is 19.1 Å². The van der Waals surface area contributed by atoms with Gasteiger partial charge in [0.25, 0.3) is 0 Å². The second-order valence-corrected chi connectivity index (χ2v) is 5.72. The largest absolute Gasteiger partial charge is 0.480 e. The number of hydrogen-bond donors (Lipinski definition) is 2. The number of carboxylic acids is 1. The predicted molar refractivity (Wildman–Crippen MR) is 90.7 cm³/mol. The summed E-state index contributed by atoms with van der Waals surface area (Å²) in [6.45, 7) is 3.39. The molecule has 0 aliphatic rings. The number of carbonyl (C=O) groups is 2. The number of carbonyl (C=O) groups excluding carboxylic acids is 1. The van der Waals surface area contributed by atoms with Gasteiger partial charge in [-0.05, 0) is 48.4 Å². The summed E-state index contributed by atoms with van der Waals surface area (Å²) in [4.78, 5) is 24.1. The minimum absolute atomic E-state index is 0.116. The Balaban J connectivity index is 2.26. The standard InChI is InChI=1S/C17H20FN5O3/c1-3-4-8-14(17(25)26)19-16(24)15(23-11(2)20-21-22-23)10-12-6-5-7-13(18)9-12/h3-7,9,14-15H,8,10H2,1-2H3,(H,19,24)(H,25,26)/b4-3+. The molecule has 0 saturated carbocycles. The zero-order valence-corrected chi connectivity index (χ0v) is 14.5. The van der Waals surface area contributed by atoms with Crippen LogP contribution in [0.5, 0.6) is 0 Å². The van der Waals surface area contributed by atoms with Gasteiger partial charge in [-0.25, -0.2) is 13.9 Å². The first kappa shape index (κ1) is 19.2. The molecule has 0 fully saturated rings. The van der Waals surface area contributed by atoms with Crippen molar-refractivity contribution in [1.29, 1.82) is 0 Å². The van der Waals surface area contributed by atoms with Crippen LogP contribution >= 0.6 is 0 Å². The van der Waals surface area contributed by atoms with Crippen molar-refractivity contribution in [3.05, 3.63) is 53.6 Å². The molecule has 1 aromatic carbocycles. The Hall–Kier alpha value is -3.10. The smallest absolute Gasteiger partial charge is 0.326 e. The van der Waals surface area contributed by atoms with E-state index < -0.39 is 29.8 Å². The number of hydrogen-bond acceptors (Lipinski definition) is 5. The summed E-state index contributed by atoms with van der Waals surface area (Å²) in [6.07, 6.45) is 3.63. The van der Waals surface area contributed by atoms with Crippen molar-refractivity contribution in [3.63, 3.8) is 0 Å². The fourth-order valence-electron chi connectivity index (χ4n) is 2.47. The lowest BCUT2D eigenvalue weighted by Crippen LogP contribution is -2.44. The summed E-state index contributed by atoms with van der Waals surface area (Å²) in [6, 6.07) is 3.85. The minimum atomic E-state index is -1.14. The Morgan fingerprint density at radius 2 is 2.19 bits per heavy atom. The molecule has 1 amide bonds. The second-order valence-electron chi connectivity index (χ2n) is 5.72. The van der Waals surface area contributed by atoms with Gasteiger partial charge in [0.15, 0.2) is 0 Å². The number of aliphatic carboxylic acids is 1. The number of carboxylic acid groups (broad SMARTS) is 1. The molecule has 0 aliphatic heterocycles. The molecule has 0 spiro atoms. The lowest BCUT2D eigenvalue weighted by molar-refractivity contribution is -0.142. The molecule has 26 heavy (non-hydrogen) atoms. The molecule has 8 nitrogen and oxygen atoms in total. The van der Waals surface area contributed by atoms with Crippen molar-refractivity contribution in [3.8, 4) is 0 Å². The summed E-state index contributed by atoms with van der Waals surface area (Å²) in [7, 11) is 0. The average molecular weight is 361 g/mol. The third kappa shape index (κ3) is 4.95. The fraction of sp³-hybridized carbons (Fsp3) is 0.353. The van der Waals surface area contributed by atoms with Gasteiger partial charge in [-0.15, -0.1) is 5.10 Å². The fourth-order valence-corrected chi connectivity index (χ4v) is 2.47. The van der Waals surface area contributed by atoms with Crippen LogP contribution in [0.4, 0.5) is 4.39 Å². The van der Waals surface area contributed by atoms with E-state index in [2.05, 4.69) is 20.8 Å². The van der Waals surface area contributed by atoms with Gasteiger partial charge in [0.05, 0.1) is 0 Å². The topological polar surface area (TPSA) is 110 Å². The van der Waals surface area contributed by atoms with Gasteiger partial charge in [-0.1, -0.05) is 24.3 Å². The summed E-state index contributed by atoms with van der Waals surface area (Å²) >= 11 is 0. The van der Waals surface area contributed by atoms with Gasteiger partial charge < -0.3 is 10.4 Å². The van der Waals surface area contributed by atoms with Crippen LogP contribution in [0.15, 0.2) is 36.4 Å². The number of rotatable bonds is 8. The quantitative estimate of drug-likeness (QED) is 0.689. The van der Waals surface area contributed by atoms with E-state index in [4.69, 9.17) is 0 Å². The molecule has 2 N–H and O–H groups in total. The highest BCUT2D eigenvalue weighted by Gasteiger charge is 2.28. The number of benzene rings is 1. The van der Waals surface area contributed by atoms with E-state index in [0.29, 0.717) is 11.4 Å². The second kappa shape index (κ2) is 8.84. The Bertz CT molecular complexity index is 805. The highest BCUT2D eigenvalue weighted by atomic mass is 19.1. The lowest BCUT2D eigenvalue weighted by atomic mass is 10.0. The first-order valence-electron chi connectivity index (χ1n) is 8.05. The zero-order chi connectivity index (χ0) is 19.1. The van der Waals surface area contributed by atoms with E-state index in [0.717, 1.165) is 0 Å². The van der Waals surface area contributed by atoms with E-state index in [-0.39, 0.29) is 12.8 Å². The monoisotopic (exact) mass is 361 g/mol. The number of nitrogens with zero attached hydrogens (tertiary/aromatic N) is 4. The van der Waals surface area contributed by atoms with Gasteiger partial charge in [-0.3, -0.25) is 4.79 Å². The Kier molecular flexibility index (Phi) is 6.54. The minimum Gasteiger partial charge on any atom is -0.480 e. The summed E-state index contributed by atoms with van der Waals surface area (Å²) in [5.41, 5.74) is 0.570. The number of amides is 1. The number of nitrogens with one attached hydrogen (secondary N) is 1. The van der Waals surface area contributed by atoms with E-state index >= 15 is 0 Å². The van der Waals surface area contributed by atoms with Crippen LogP contribution in [0.1, 0.15) is 30.8 Å². The maximum atomic E-state index is 13.5. The third-order valence-corrected chi connectivity index (χ3v) is 3.80. The average Bonchev–Trinajstić information content (AvgIpc) is 3.01. The Morgan fingerprint density at radius 3 is 2.77 bits per heavy atom. The SMILES string of the molecule is C/C=C/CC(NC(=O)C(Cc1cccc(F)c1)n1nnnc1C)C(=O)O. The molecule has 0 bridgehead atoms. The molecule has 0 radical (unpaired) electrons. The van der Waals surface area contributed by atoms with E-state index in [1.54, 1.807) is 32.1 Å². The summed E-state index contributed by atoms with van der Waals surface area (Å²) in [5.74, 6) is -1.73. The van der Waals surface area contributed by atoms with Crippen LogP contribution in [0.25, 0.3) is 0 Å². The molecule has 0 saturated heterocycles. The predicted octanol–water partition coefficient (Wildman–Crippen LogP) is 1.44. The van der Waals surface area contributed by atoms with Crippen molar-refractivity contribution < 1.29 is 19.1 Å². The van der Waals surface area contributed by atoms with E-state index in [1.165, 1.54) is 22.9 Å². The molecule has 1 heterocycles. The van der Waals surface area contributed by atoms with Crippen LogP contribution in [-0.4, -0.2) is 43.2 Å². The molecule has 9 heteroatoms. The third-order valence-electron chi connectivity index (χ3n) is 3.80. The van der Waals surface area contributed by atoms with Crippen molar-refractivity contribution >= 4 is 11.9 Å². The number of aromatic nitrogens is 4. The highest BCUT2D eigenvalue weighted by Crippen LogP contribution is 2.16. The van der Waals surface area contributed by atoms with Crippen LogP contribution in [-0.2, 0) is 16.0 Å². The van der Waals surface area contributed by atoms with Crippen molar-refractivity contribution in [1.82, 2.24) is 25.5 Å². The molecular weight excluding hydrogens is 341 g/mol. The van der Waals surface area contributed by atoms with E-state index in [1.807, 2.05) is 0 Å². The van der Waals surface area contributed by atoms with Crippen LogP contribution < -0.4 is 5.32 Å². The number of tetrazole rings is 1. The molecule has 2 rings (SSSR count). The lowest BCUT2D eigenvalue weighted by Gasteiger charge is -2.20. The number of halogens is 1. The molecule has 2 unspecified atom stereocenters. The molecule has 0 aliphatic carbocycles. The zero-order valence-electron chi connectivity index (χ0n) is 14.5. The van der Waals surface area contributed by atoms with Gasteiger partial charge in [0.1, 0.15) is 23.7 Å². The van der Waals surface area contributed by atoms with Gasteiger partial charge >= 0.3 is 5.97 Å². The first-order valence-corrected chi connectivity index (χ1v) is 8.05. The normalized spacial score (nSPS) is 13.5. The van der Waals surface area contributed by atoms with Crippen molar-refractivity contribution in [2.75, 3.05) is 0 Å². The molecule has 2 atom stereocenters. The number of allylic oxidation sites excluding steroid dienone is 1. The maximum Gasteiger partial charge on any atom is 0.326 e. The van der Waals surface area contributed by atoms with Crippen molar-refractivity contribution in [2.45, 2.75) is 38.8 Å². The summed E-state index contributed by atoms with van der Waals surface area (Å²) in [5, 5.41) is 22.9. The van der Waals surface area contributed by atoms with Gasteiger partial charge in [0.2, 0.25) is 5.91 Å². The Morgan fingerprint density at radius 1 is 1.42 bits per heavy atom. The molecular formula is C17H20FN5O3. The van der Waals surface area contributed by atoms with Crippen LogP contribution in [0.3, 0.4) is 0 Å². The molecule has 138 valence electrons. The van der Waals surface area contributed by atoms with Crippen LogP contribution in [0, 0.1) is 12.7 Å². The maximum absolute atomic E-state index is 13.5. The summed E-state index contributed by atoms with van der Waals surface area (Å²) < 4.78 is 14.8. The van der Waals surface area contributed by atoms with Crippen molar-refractivity contribution in [2.24, 2.45) is 0 Å². The van der Waals surface area contributed by atoms with Crippen LogP contribution in [0.2, 0.25) is 0 Å².